The zero-order valence-electron chi connectivity index (χ0n) is 30.0. The van der Waals surface area contributed by atoms with E-state index in [1.54, 1.807) is 0 Å². The van der Waals surface area contributed by atoms with Gasteiger partial charge in [-0.05, 0) is 36.4 Å². The van der Waals surface area contributed by atoms with Gasteiger partial charge in [0, 0.05) is 32.3 Å². The van der Waals surface area contributed by atoms with Gasteiger partial charge in [0.1, 0.15) is 22.9 Å². The summed E-state index contributed by atoms with van der Waals surface area (Å²) in [7, 11) is 5.28. The first-order valence-electron chi connectivity index (χ1n) is 15.9. The van der Waals surface area contributed by atoms with Crippen molar-refractivity contribution in [3.05, 3.63) is 125 Å². The van der Waals surface area contributed by atoms with Gasteiger partial charge >= 0.3 is 23.9 Å². The predicted molar refractivity (Wildman–Crippen MR) is 193 cm³/mol. The van der Waals surface area contributed by atoms with Crippen LogP contribution >= 0.6 is 0 Å². The summed E-state index contributed by atoms with van der Waals surface area (Å²) < 4.78 is 34.8. The molecule has 1 saturated heterocycles. The van der Waals surface area contributed by atoms with Gasteiger partial charge in [-0.25, -0.2) is 24.2 Å². The number of benzene rings is 3. The number of cyclic esters (lactones) is 2. The van der Waals surface area contributed by atoms with Crippen LogP contribution in [0.25, 0.3) is 10.9 Å². The highest BCUT2D eigenvalue weighted by Crippen LogP contribution is 2.26. The summed E-state index contributed by atoms with van der Waals surface area (Å²) in [5, 5.41) is 3.04. The number of fused-ring (bicyclic) bond motifs is 1. The second-order valence-electron chi connectivity index (χ2n) is 11.2. The first-order valence-corrected chi connectivity index (χ1v) is 15.9. The molecule has 54 heavy (non-hydrogen) atoms. The molecule has 0 aliphatic carbocycles. The third-order valence-corrected chi connectivity index (χ3v) is 7.00. The van der Waals surface area contributed by atoms with Gasteiger partial charge < -0.3 is 43.5 Å². The smallest absolute Gasteiger partial charge is 0.376 e. The van der Waals surface area contributed by atoms with Crippen molar-refractivity contribution in [3.63, 3.8) is 0 Å². The van der Waals surface area contributed by atoms with Crippen molar-refractivity contribution in [2.24, 2.45) is 0 Å². The first kappa shape index (κ1) is 39.6. The Kier molecular flexibility index (Phi) is 13.4. The Labute approximate surface area is 308 Å². The molecule has 1 fully saturated rings. The highest BCUT2D eigenvalue weighted by Gasteiger charge is 2.39. The molecule has 280 valence electrons. The van der Waals surface area contributed by atoms with E-state index in [1.165, 1.54) is 72.9 Å². The molecule has 16 nitrogen and oxygen atoms in total. The number of para-hydroxylation sites is 2. The molecule has 2 aromatic heterocycles. The highest BCUT2D eigenvalue weighted by atomic mass is 16.7. The Hall–Kier alpha value is -7.23. The molecule has 1 aliphatic heterocycles. The Balaban J connectivity index is 0.000000189. The van der Waals surface area contributed by atoms with E-state index < -0.39 is 29.7 Å². The molecule has 0 unspecified atom stereocenters. The van der Waals surface area contributed by atoms with Gasteiger partial charge in [-0.15, -0.1) is 0 Å². The number of nitrogens with one attached hydrogen (secondary N) is 2. The molecule has 1 aliphatic rings. The number of anilines is 1. The minimum absolute atomic E-state index is 0.0140. The summed E-state index contributed by atoms with van der Waals surface area (Å²) in [4.78, 5) is 68.7. The van der Waals surface area contributed by atoms with E-state index in [0.29, 0.717) is 16.7 Å². The maximum atomic E-state index is 11.8. The Morgan fingerprint density at radius 1 is 0.796 bits per heavy atom. The number of hydrogen-bond acceptors (Lipinski definition) is 15. The molecule has 0 bridgehead atoms. The molecule has 3 aromatic carbocycles. The van der Waals surface area contributed by atoms with Gasteiger partial charge in [0.25, 0.3) is 5.79 Å². The maximum Gasteiger partial charge on any atom is 0.376 e. The molecular formula is C38H36N4O12. The number of hydrogen-bond donors (Lipinski definition) is 2. The number of esters is 4. The maximum absolute atomic E-state index is 11.8. The molecule has 0 atom stereocenters. The summed E-state index contributed by atoms with van der Waals surface area (Å²) in [6, 6.07) is 23.9. The van der Waals surface area contributed by atoms with Crippen molar-refractivity contribution < 1.29 is 52.3 Å². The normalized spacial score (nSPS) is 12.6. The van der Waals surface area contributed by atoms with E-state index in [-0.39, 0.29) is 34.0 Å². The average Bonchev–Trinajstić information content (AvgIpc) is 3.17. The Morgan fingerprint density at radius 3 is 1.93 bits per heavy atom. The molecule has 6 rings (SSSR count). The first-order chi connectivity index (χ1) is 25.9. The van der Waals surface area contributed by atoms with Crippen LogP contribution in [0.4, 0.5) is 5.69 Å². The monoisotopic (exact) mass is 740 g/mol. The number of carbonyl (C=O) groups is 4. The lowest BCUT2D eigenvalue weighted by Crippen LogP contribution is -2.42. The summed E-state index contributed by atoms with van der Waals surface area (Å²) in [6.45, 7) is 2.88. The van der Waals surface area contributed by atoms with Gasteiger partial charge in [0.05, 0.1) is 51.1 Å². The fraction of sp³-hybridized carbons (Fsp3) is 0.184. The van der Waals surface area contributed by atoms with Gasteiger partial charge in [-0.2, -0.15) is 4.98 Å². The standard InChI is InChI=1S/C14H15N3O7.C12H11NO4.C12H10O/c1-14(2)23-11(18)7(12(19)24-14)5-15-8-6-16-9(13(20)22-4)17-10(8)21-3;1-16-10-6-7(12(15)17-2)5-8-9(14)3-4-13-11(8)10;1-3-7-11(8-4-1)13-12-9-5-2-6-10-12/h5-6,15H,1-4H3;3-6H,1-2H3,(H,13,14);1-10H. The molecule has 16 heteroatoms. The molecule has 5 aromatic rings. The largest absolute Gasteiger partial charge is 0.495 e. The van der Waals surface area contributed by atoms with Crippen LogP contribution in [0.5, 0.6) is 23.1 Å². The number of ether oxygens (including phenoxy) is 7. The van der Waals surface area contributed by atoms with Crippen LogP contribution in [0.3, 0.4) is 0 Å². The number of methoxy groups -OCH3 is 4. The number of aromatic amines is 1. The summed E-state index contributed by atoms with van der Waals surface area (Å²) >= 11 is 0. The topological polar surface area (TPSA) is 204 Å². The van der Waals surface area contributed by atoms with Gasteiger partial charge in [-0.3, -0.25) is 4.79 Å². The van der Waals surface area contributed by atoms with Crippen LogP contribution < -0.4 is 25.0 Å². The van der Waals surface area contributed by atoms with Crippen LogP contribution in [0.2, 0.25) is 0 Å². The van der Waals surface area contributed by atoms with E-state index in [9.17, 15) is 24.0 Å². The second-order valence-corrected chi connectivity index (χ2v) is 11.2. The molecule has 2 N–H and O–H groups in total. The van der Waals surface area contributed by atoms with E-state index in [4.69, 9.17) is 23.7 Å². The lowest BCUT2D eigenvalue weighted by Gasteiger charge is -2.29. The minimum atomic E-state index is -1.32. The quantitative estimate of drug-likeness (QED) is 0.0908. The van der Waals surface area contributed by atoms with Crippen molar-refractivity contribution in [2.45, 2.75) is 19.6 Å². The Morgan fingerprint density at radius 2 is 1.39 bits per heavy atom. The number of nitrogens with zero attached hydrogens (tertiary/aromatic N) is 2. The van der Waals surface area contributed by atoms with Crippen molar-refractivity contribution in [1.29, 1.82) is 0 Å². The van der Waals surface area contributed by atoms with Crippen LogP contribution in [-0.4, -0.2) is 73.1 Å². The number of rotatable bonds is 8. The minimum Gasteiger partial charge on any atom is -0.495 e. The SMILES string of the molecule is COC(=O)c1cc(OC)c2[nH]ccc(=O)c2c1.COC(=O)c1ncc(NC=C2C(=O)OC(C)(C)OC2=O)c(OC)n1.c1ccc(Oc2ccccc2)cc1. The van der Waals surface area contributed by atoms with Gasteiger partial charge in [0.15, 0.2) is 11.0 Å². The number of H-pyrrole nitrogens is 1. The van der Waals surface area contributed by atoms with Crippen molar-refractivity contribution in [2.75, 3.05) is 33.8 Å². The molecule has 3 heterocycles. The molecule has 0 spiro atoms. The molecular weight excluding hydrogens is 704 g/mol. The zero-order valence-corrected chi connectivity index (χ0v) is 30.0. The Bertz CT molecular complexity index is 2140. The highest BCUT2D eigenvalue weighted by molar-refractivity contribution is 6.15. The lowest BCUT2D eigenvalue weighted by molar-refractivity contribution is -0.222. The van der Waals surface area contributed by atoms with Crippen LogP contribution in [0.15, 0.2) is 108 Å². The third-order valence-electron chi connectivity index (χ3n) is 7.00. The third kappa shape index (κ3) is 10.4. The number of carbonyl (C=O) groups excluding carboxylic acids is 4. The van der Waals surface area contributed by atoms with Crippen LogP contribution in [0, 0.1) is 0 Å². The number of pyridine rings is 1. The van der Waals surface area contributed by atoms with E-state index in [0.717, 1.165) is 17.7 Å². The van der Waals surface area contributed by atoms with E-state index in [2.05, 4.69) is 29.7 Å². The summed E-state index contributed by atoms with van der Waals surface area (Å²) in [5.41, 5.74) is 0.542. The zero-order chi connectivity index (χ0) is 39.3. The van der Waals surface area contributed by atoms with E-state index >= 15 is 0 Å². The second kappa shape index (κ2) is 18.3. The van der Waals surface area contributed by atoms with Crippen molar-refractivity contribution in [1.82, 2.24) is 15.0 Å². The van der Waals surface area contributed by atoms with Gasteiger partial charge in [0.2, 0.25) is 11.7 Å². The number of aromatic nitrogens is 3. The van der Waals surface area contributed by atoms with Crippen molar-refractivity contribution in [3.8, 4) is 23.1 Å². The predicted octanol–water partition coefficient (Wildman–Crippen LogP) is 5.21. The van der Waals surface area contributed by atoms with E-state index in [1.807, 2.05) is 60.7 Å². The molecule has 0 saturated carbocycles. The van der Waals surface area contributed by atoms with Crippen LogP contribution in [-0.2, 0) is 28.5 Å². The van der Waals surface area contributed by atoms with Crippen LogP contribution in [0.1, 0.15) is 34.8 Å². The fourth-order valence-electron chi connectivity index (χ4n) is 4.50. The molecule has 0 amide bonds. The van der Waals surface area contributed by atoms with Gasteiger partial charge in [-0.1, -0.05) is 36.4 Å². The summed E-state index contributed by atoms with van der Waals surface area (Å²) in [5.74, 6) is -2.26. The fourth-order valence-corrected chi connectivity index (χ4v) is 4.50. The summed E-state index contributed by atoms with van der Waals surface area (Å²) in [6.07, 6.45) is 3.85. The molecule has 0 radical (unpaired) electrons. The average molecular weight is 741 g/mol. The van der Waals surface area contributed by atoms with Crippen molar-refractivity contribution >= 4 is 40.5 Å². The lowest BCUT2D eigenvalue weighted by atomic mass is 10.1.